The highest BCUT2D eigenvalue weighted by atomic mass is 32.2. The number of hydrogen-bond acceptors (Lipinski definition) is 3. The van der Waals surface area contributed by atoms with Crippen LogP contribution in [0.15, 0.2) is 47.4 Å². The van der Waals surface area contributed by atoms with Crippen LogP contribution in [0.1, 0.15) is 34.7 Å². The van der Waals surface area contributed by atoms with Crippen LogP contribution in [0.3, 0.4) is 0 Å². The lowest BCUT2D eigenvalue weighted by Crippen LogP contribution is -2.29. The van der Waals surface area contributed by atoms with Gasteiger partial charge in [-0.3, -0.25) is 11.3 Å². The van der Waals surface area contributed by atoms with E-state index in [4.69, 9.17) is 5.84 Å². The maximum absolute atomic E-state index is 5.78. The van der Waals surface area contributed by atoms with Crippen molar-refractivity contribution in [3.63, 3.8) is 0 Å². The largest absolute Gasteiger partial charge is 0.271 e. The third kappa shape index (κ3) is 3.31. The van der Waals surface area contributed by atoms with Gasteiger partial charge < -0.3 is 0 Å². The molecule has 0 fully saturated rings. The number of rotatable bonds is 5. The van der Waals surface area contributed by atoms with E-state index < -0.39 is 0 Å². The third-order valence-electron chi connectivity index (χ3n) is 4.32. The van der Waals surface area contributed by atoms with Gasteiger partial charge in [-0.05, 0) is 66.3 Å². The number of nitrogens with one attached hydrogen (secondary N) is 1. The summed E-state index contributed by atoms with van der Waals surface area (Å²) in [7, 11) is 0. The molecule has 0 bridgehead atoms. The van der Waals surface area contributed by atoms with Crippen molar-refractivity contribution in [2.45, 2.75) is 36.6 Å². The molecule has 0 radical (unpaired) electrons. The fourth-order valence-corrected chi connectivity index (χ4v) is 3.51. The first-order chi connectivity index (χ1) is 10.3. The molecule has 3 rings (SSSR count). The van der Waals surface area contributed by atoms with Crippen LogP contribution in [0.25, 0.3) is 0 Å². The smallest absolute Gasteiger partial charge is 0.0500 e. The Labute approximate surface area is 131 Å². The van der Waals surface area contributed by atoms with Gasteiger partial charge in [0, 0.05) is 10.9 Å². The highest BCUT2D eigenvalue weighted by Crippen LogP contribution is 2.26. The molecule has 2 aromatic rings. The van der Waals surface area contributed by atoms with Crippen molar-refractivity contribution in [3.05, 3.63) is 64.7 Å². The van der Waals surface area contributed by atoms with Crippen molar-refractivity contribution >= 4 is 11.8 Å². The van der Waals surface area contributed by atoms with Gasteiger partial charge in [-0.25, -0.2) is 0 Å². The van der Waals surface area contributed by atoms with E-state index in [2.05, 4.69) is 54.1 Å². The second-order valence-electron chi connectivity index (χ2n) is 5.65. The predicted molar refractivity (Wildman–Crippen MR) is 90.5 cm³/mol. The minimum Gasteiger partial charge on any atom is -0.271 e. The van der Waals surface area contributed by atoms with Gasteiger partial charge in [-0.2, -0.15) is 0 Å². The van der Waals surface area contributed by atoms with E-state index >= 15 is 0 Å². The Morgan fingerprint density at radius 1 is 1.10 bits per heavy atom. The first-order valence-electron chi connectivity index (χ1n) is 7.51. The van der Waals surface area contributed by atoms with E-state index in [1.807, 2.05) is 0 Å². The Morgan fingerprint density at radius 2 is 1.86 bits per heavy atom. The van der Waals surface area contributed by atoms with Crippen molar-refractivity contribution in [3.8, 4) is 0 Å². The van der Waals surface area contributed by atoms with Crippen LogP contribution in [0.2, 0.25) is 0 Å². The topological polar surface area (TPSA) is 38.0 Å². The lowest BCUT2D eigenvalue weighted by Gasteiger charge is -2.17. The molecule has 2 nitrogen and oxygen atoms in total. The maximum atomic E-state index is 5.78. The highest BCUT2D eigenvalue weighted by Gasteiger charge is 2.14. The van der Waals surface area contributed by atoms with Crippen LogP contribution >= 0.6 is 11.8 Å². The van der Waals surface area contributed by atoms with Gasteiger partial charge in [0.05, 0.1) is 0 Å². The van der Waals surface area contributed by atoms with Crippen LogP contribution in [0.5, 0.6) is 0 Å². The number of hydrogen-bond donors (Lipinski definition) is 2. The second-order valence-corrected chi connectivity index (χ2v) is 6.53. The molecule has 0 heterocycles. The molecular formula is C18H22N2S. The highest BCUT2D eigenvalue weighted by molar-refractivity contribution is 7.98. The molecule has 1 unspecified atom stereocenters. The summed E-state index contributed by atoms with van der Waals surface area (Å²) >= 11 is 1.76. The average Bonchev–Trinajstić information content (AvgIpc) is 3.00. The summed E-state index contributed by atoms with van der Waals surface area (Å²) in [4.78, 5) is 1.28. The molecule has 0 aliphatic heterocycles. The van der Waals surface area contributed by atoms with E-state index in [1.165, 1.54) is 46.4 Å². The minimum atomic E-state index is 0.167. The molecule has 1 aliphatic carbocycles. The van der Waals surface area contributed by atoms with E-state index in [0.717, 1.165) is 6.42 Å². The van der Waals surface area contributed by atoms with E-state index in [0.29, 0.717) is 0 Å². The fourth-order valence-electron chi connectivity index (χ4n) is 3.10. The van der Waals surface area contributed by atoms with Crippen LogP contribution in [0, 0.1) is 0 Å². The van der Waals surface area contributed by atoms with Crippen LogP contribution < -0.4 is 11.3 Å². The molecule has 0 spiro atoms. The lowest BCUT2D eigenvalue weighted by molar-refractivity contribution is 0.551. The number of nitrogens with two attached hydrogens (primary N) is 1. The Balaban J connectivity index is 1.77. The third-order valence-corrected chi connectivity index (χ3v) is 5.07. The standard InChI is InChI=1S/C18H22N2S/c1-21-17-9-7-15(8-10-17)18(20-19)12-13-5-6-14-3-2-4-16(14)11-13/h5-11,18,20H,2-4,12,19H2,1H3. The van der Waals surface area contributed by atoms with Gasteiger partial charge in [0.15, 0.2) is 0 Å². The number of aryl methyl sites for hydroxylation is 2. The number of thioether (sulfide) groups is 1. The molecule has 3 N–H and O–H groups in total. The average molecular weight is 298 g/mol. The van der Waals surface area contributed by atoms with Crippen molar-refractivity contribution in [1.82, 2.24) is 5.43 Å². The first kappa shape index (κ1) is 14.6. The molecule has 3 heteroatoms. The van der Waals surface area contributed by atoms with Gasteiger partial charge in [0.25, 0.3) is 0 Å². The molecule has 0 saturated heterocycles. The van der Waals surface area contributed by atoms with Crippen LogP contribution in [-0.4, -0.2) is 6.26 Å². The molecule has 1 atom stereocenters. The SMILES string of the molecule is CSc1ccc(C(Cc2ccc3c(c2)CCC3)NN)cc1. The van der Waals surface area contributed by atoms with E-state index in [-0.39, 0.29) is 6.04 Å². The summed E-state index contributed by atoms with van der Waals surface area (Å²) in [5.41, 5.74) is 8.64. The van der Waals surface area contributed by atoms with Gasteiger partial charge in [-0.1, -0.05) is 30.3 Å². The zero-order valence-corrected chi connectivity index (χ0v) is 13.2. The van der Waals surface area contributed by atoms with Crippen LogP contribution in [0.4, 0.5) is 0 Å². The van der Waals surface area contributed by atoms with Crippen molar-refractivity contribution in [2.75, 3.05) is 6.26 Å². The summed E-state index contributed by atoms with van der Waals surface area (Å²) < 4.78 is 0. The van der Waals surface area contributed by atoms with Gasteiger partial charge in [0.2, 0.25) is 0 Å². The molecule has 110 valence electrons. The maximum Gasteiger partial charge on any atom is 0.0500 e. The monoisotopic (exact) mass is 298 g/mol. The van der Waals surface area contributed by atoms with E-state index in [9.17, 15) is 0 Å². The molecule has 2 aromatic carbocycles. The normalized spacial score (nSPS) is 15.0. The summed E-state index contributed by atoms with van der Waals surface area (Å²) in [6, 6.07) is 15.7. The number of fused-ring (bicyclic) bond motifs is 1. The summed E-state index contributed by atoms with van der Waals surface area (Å²) in [5, 5.41) is 0. The van der Waals surface area contributed by atoms with Crippen molar-refractivity contribution in [1.29, 1.82) is 0 Å². The Morgan fingerprint density at radius 3 is 2.57 bits per heavy atom. The lowest BCUT2D eigenvalue weighted by atomic mass is 9.97. The molecule has 1 aliphatic rings. The van der Waals surface area contributed by atoms with Crippen LogP contribution in [-0.2, 0) is 19.3 Å². The van der Waals surface area contributed by atoms with E-state index in [1.54, 1.807) is 11.8 Å². The second kappa shape index (κ2) is 6.65. The Hall–Kier alpha value is -1.29. The minimum absolute atomic E-state index is 0.167. The van der Waals surface area contributed by atoms with Crippen molar-refractivity contribution < 1.29 is 0 Å². The number of benzene rings is 2. The first-order valence-corrected chi connectivity index (χ1v) is 8.73. The zero-order valence-electron chi connectivity index (χ0n) is 12.4. The predicted octanol–water partition coefficient (Wildman–Crippen LogP) is 3.64. The summed E-state index contributed by atoms with van der Waals surface area (Å²) in [6.07, 6.45) is 6.80. The Bertz CT molecular complexity index is 607. The van der Waals surface area contributed by atoms with Gasteiger partial charge in [-0.15, -0.1) is 11.8 Å². The van der Waals surface area contributed by atoms with Gasteiger partial charge >= 0.3 is 0 Å². The molecule has 0 saturated carbocycles. The number of hydrazine groups is 1. The quantitative estimate of drug-likeness (QED) is 0.503. The molecule has 0 aromatic heterocycles. The summed E-state index contributed by atoms with van der Waals surface area (Å²) in [5.74, 6) is 5.78. The van der Waals surface area contributed by atoms with Crippen molar-refractivity contribution in [2.24, 2.45) is 5.84 Å². The molecular weight excluding hydrogens is 276 g/mol. The zero-order chi connectivity index (χ0) is 14.7. The Kier molecular flexibility index (Phi) is 4.63. The molecule has 21 heavy (non-hydrogen) atoms. The summed E-state index contributed by atoms with van der Waals surface area (Å²) in [6.45, 7) is 0. The fraction of sp³-hybridized carbons (Fsp3) is 0.333. The molecule has 0 amide bonds. The van der Waals surface area contributed by atoms with Gasteiger partial charge in [0.1, 0.15) is 0 Å².